The quantitative estimate of drug-likeness (QED) is 0.144. The number of hydrogen-bond donors (Lipinski definition) is 1. The first-order valence-electron chi connectivity index (χ1n) is 12.4. The SMILES string of the molecule is CC=CCC=CCC=CCCCCCCCCCCCCCCCCCC(=O)O. The van der Waals surface area contributed by atoms with E-state index >= 15 is 0 Å². The van der Waals surface area contributed by atoms with E-state index in [0.717, 1.165) is 25.7 Å². The van der Waals surface area contributed by atoms with Gasteiger partial charge < -0.3 is 5.11 Å². The lowest BCUT2D eigenvalue weighted by molar-refractivity contribution is -0.137. The van der Waals surface area contributed by atoms with Crippen LogP contribution in [0.1, 0.15) is 129 Å². The fraction of sp³-hybridized carbons (Fsp3) is 0.741. The van der Waals surface area contributed by atoms with E-state index in [1.54, 1.807) is 0 Å². The van der Waals surface area contributed by atoms with Crippen LogP contribution in [0.25, 0.3) is 0 Å². The van der Waals surface area contributed by atoms with E-state index in [-0.39, 0.29) is 0 Å². The summed E-state index contributed by atoms with van der Waals surface area (Å²) >= 11 is 0. The van der Waals surface area contributed by atoms with E-state index in [0.29, 0.717) is 6.42 Å². The lowest BCUT2D eigenvalue weighted by atomic mass is 10.0. The zero-order valence-electron chi connectivity index (χ0n) is 19.3. The van der Waals surface area contributed by atoms with Gasteiger partial charge in [-0.25, -0.2) is 0 Å². The van der Waals surface area contributed by atoms with Crippen molar-refractivity contribution in [3.8, 4) is 0 Å². The molecule has 0 unspecified atom stereocenters. The molecular weight excluding hydrogens is 356 g/mol. The van der Waals surface area contributed by atoms with Crippen molar-refractivity contribution in [3.63, 3.8) is 0 Å². The molecule has 0 aromatic heterocycles. The number of unbranched alkanes of at least 4 members (excludes halogenated alkanes) is 15. The van der Waals surface area contributed by atoms with Crippen molar-refractivity contribution in [2.75, 3.05) is 0 Å². The van der Waals surface area contributed by atoms with E-state index in [1.807, 2.05) is 0 Å². The number of hydrogen-bond acceptors (Lipinski definition) is 1. The monoisotopic (exact) mass is 404 g/mol. The molecule has 0 saturated heterocycles. The summed E-state index contributed by atoms with van der Waals surface area (Å²) in [6.45, 7) is 2.06. The molecule has 0 atom stereocenters. The van der Waals surface area contributed by atoms with Gasteiger partial charge in [0, 0.05) is 6.42 Å². The van der Waals surface area contributed by atoms with Crippen molar-refractivity contribution in [1.29, 1.82) is 0 Å². The van der Waals surface area contributed by atoms with Gasteiger partial charge in [0.15, 0.2) is 0 Å². The molecule has 2 nitrogen and oxygen atoms in total. The van der Waals surface area contributed by atoms with Gasteiger partial charge in [0.05, 0.1) is 0 Å². The molecule has 0 aromatic carbocycles. The maximum atomic E-state index is 10.4. The minimum Gasteiger partial charge on any atom is -0.481 e. The minimum atomic E-state index is -0.655. The van der Waals surface area contributed by atoms with E-state index < -0.39 is 5.97 Å². The predicted molar refractivity (Wildman–Crippen MR) is 128 cm³/mol. The first kappa shape index (κ1) is 27.7. The third-order valence-corrected chi connectivity index (χ3v) is 5.37. The third-order valence-electron chi connectivity index (χ3n) is 5.37. The zero-order valence-corrected chi connectivity index (χ0v) is 19.3. The summed E-state index contributed by atoms with van der Waals surface area (Å²) < 4.78 is 0. The molecule has 0 bridgehead atoms. The fourth-order valence-corrected chi connectivity index (χ4v) is 3.54. The summed E-state index contributed by atoms with van der Waals surface area (Å²) in [4.78, 5) is 10.4. The van der Waals surface area contributed by atoms with Gasteiger partial charge in [-0.1, -0.05) is 120 Å². The second kappa shape index (κ2) is 24.7. The Morgan fingerprint density at radius 2 is 0.931 bits per heavy atom. The van der Waals surface area contributed by atoms with E-state index in [2.05, 4.69) is 43.4 Å². The molecule has 168 valence electrons. The maximum Gasteiger partial charge on any atom is 0.303 e. The van der Waals surface area contributed by atoms with Crippen LogP contribution in [0.5, 0.6) is 0 Å². The highest BCUT2D eigenvalue weighted by Crippen LogP contribution is 2.14. The highest BCUT2D eigenvalue weighted by Gasteiger charge is 1.97. The molecule has 1 N–H and O–H groups in total. The molecule has 2 heteroatoms. The Labute approximate surface area is 181 Å². The highest BCUT2D eigenvalue weighted by atomic mass is 16.4. The van der Waals surface area contributed by atoms with Gasteiger partial charge in [0.2, 0.25) is 0 Å². The minimum absolute atomic E-state index is 0.340. The van der Waals surface area contributed by atoms with Crippen LogP contribution in [0.2, 0.25) is 0 Å². The maximum absolute atomic E-state index is 10.4. The van der Waals surface area contributed by atoms with Gasteiger partial charge in [0.25, 0.3) is 0 Å². The van der Waals surface area contributed by atoms with Gasteiger partial charge >= 0.3 is 5.97 Å². The van der Waals surface area contributed by atoms with Gasteiger partial charge in [-0.05, 0) is 39.0 Å². The van der Waals surface area contributed by atoms with E-state index in [1.165, 1.54) is 89.9 Å². The Kier molecular flexibility index (Phi) is 23.6. The van der Waals surface area contributed by atoms with Crippen LogP contribution in [-0.4, -0.2) is 11.1 Å². The van der Waals surface area contributed by atoms with Crippen LogP contribution in [-0.2, 0) is 4.79 Å². The van der Waals surface area contributed by atoms with Crippen molar-refractivity contribution >= 4 is 5.97 Å². The van der Waals surface area contributed by atoms with Gasteiger partial charge in [-0.3, -0.25) is 4.79 Å². The van der Waals surface area contributed by atoms with E-state index in [4.69, 9.17) is 5.11 Å². The van der Waals surface area contributed by atoms with Crippen LogP contribution >= 0.6 is 0 Å². The average Bonchev–Trinajstić information content (AvgIpc) is 2.71. The summed E-state index contributed by atoms with van der Waals surface area (Å²) in [5.74, 6) is -0.655. The molecule has 0 rings (SSSR count). The van der Waals surface area contributed by atoms with Gasteiger partial charge in [0.1, 0.15) is 0 Å². The van der Waals surface area contributed by atoms with Crippen LogP contribution < -0.4 is 0 Å². The standard InChI is InChI=1S/C27H48O2/c1-2-3-4-5-6-7-8-9-10-11-12-13-14-15-16-17-18-19-20-21-22-23-24-25-26-27(28)29/h2-3,5-6,8-9H,4,7,10-26H2,1H3,(H,28,29). The number of aliphatic carboxylic acids is 1. The molecule has 0 amide bonds. The normalized spacial score (nSPS) is 12.0. The number of allylic oxidation sites excluding steroid dienone is 6. The van der Waals surface area contributed by atoms with Gasteiger partial charge in [-0.2, -0.15) is 0 Å². The fourth-order valence-electron chi connectivity index (χ4n) is 3.54. The van der Waals surface area contributed by atoms with E-state index in [9.17, 15) is 4.79 Å². The lowest BCUT2D eigenvalue weighted by Gasteiger charge is -2.03. The molecule has 0 heterocycles. The second-order valence-corrected chi connectivity index (χ2v) is 8.22. The summed E-state index contributed by atoms with van der Waals surface area (Å²) in [5.41, 5.74) is 0. The Morgan fingerprint density at radius 1 is 0.552 bits per heavy atom. The van der Waals surface area contributed by atoms with Crippen molar-refractivity contribution in [2.45, 2.75) is 129 Å². The first-order chi connectivity index (χ1) is 14.3. The molecule has 0 saturated carbocycles. The Bertz CT molecular complexity index is 420. The molecule has 0 aliphatic heterocycles. The largest absolute Gasteiger partial charge is 0.481 e. The summed E-state index contributed by atoms with van der Waals surface area (Å²) in [6, 6.07) is 0. The number of rotatable bonds is 22. The third kappa shape index (κ3) is 26.7. The highest BCUT2D eigenvalue weighted by molar-refractivity contribution is 5.66. The predicted octanol–water partition coefficient (Wildman–Crippen LogP) is 9.17. The van der Waals surface area contributed by atoms with Crippen molar-refractivity contribution in [1.82, 2.24) is 0 Å². The average molecular weight is 405 g/mol. The van der Waals surface area contributed by atoms with Crippen molar-refractivity contribution in [2.24, 2.45) is 0 Å². The Morgan fingerprint density at radius 3 is 1.38 bits per heavy atom. The molecule has 0 aromatic rings. The van der Waals surface area contributed by atoms with Crippen molar-refractivity contribution < 1.29 is 9.90 Å². The molecule has 0 fully saturated rings. The molecule has 0 aliphatic rings. The summed E-state index contributed by atoms with van der Waals surface area (Å²) in [5, 5.41) is 8.59. The number of carboxylic acid groups (broad SMARTS) is 1. The number of carboxylic acids is 1. The first-order valence-corrected chi connectivity index (χ1v) is 12.4. The molecule has 0 radical (unpaired) electrons. The number of carbonyl (C=O) groups is 1. The molecule has 0 aliphatic carbocycles. The smallest absolute Gasteiger partial charge is 0.303 e. The molecule has 29 heavy (non-hydrogen) atoms. The lowest BCUT2D eigenvalue weighted by Crippen LogP contribution is -1.93. The zero-order chi connectivity index (χ0) is 21.3. The molecule has 0 spiro atoms. The second-order valence-electron chi connectivity index (χ2n) is 8.22. The Balaban J connectivity index is 3.11. The van der Waals surface area contributed by atoms with Gasteiger partial charge in [-0.15, -0.1) is 0 Å². The van der Waals surface area contributed by atoms with Crippen molar-refractivity contribution in [3.05, 3.63) is 36.5 Å². The van der Waals surface area contributed by atoms with Crippen LogP contribution in [0.15, 0.2) is 36.5 Å². The summed E-state index contributed by atoms with van der Waals surface area (Å²) in [6.07, 6.45) is 36.8. The van der Waals surface area contributed by atoms with Crippen LogP contribution in [0, 0.1) is 0 Å². The van der Waals surface area contributed by atoms with Crippen LogP contribution in [0.4, 0.5) is 0 Å². The van der Waals surface area contributed by atoms with Crippen LogP contribution in [0.3, 0.4) is 0 Å². The topological polar surface area (TPSA) is 37.3 Å². The Hall–Kier alpha value is -1.31. The molecular formula is C27H48O2. The summed E-state index contributed by atoms with van der Waals surface area (Å²) in [7, 11) is 0.